The zero-order valence-electron chi connectivity index (χ0n) is 16.3. The lowest BCUT2D eigenvalue weighted by Crippen LogP contribution is -2.48. The SMILES string of the molecule is COc1cccc(C(=O)N(CCC(=O)N2CCNCC2)C2CCCCC2)c1. The van der Waals surface area contributed by atoms with E-state index in [4.69, 9.17) is 4.74 Å². The van der Waals surface area contributed by atoms with E-state index in [-0.39, 0.29) is 17.9 Å². The second-order valence-electron chi connectivity index (χ2n) is 7.40. The van der Waals surface area contributed by atoms with E-state index in [0.717, 1.165) is 51.9 Å². The fraction of sp³-hybridized carbons (Fsp3) is 0.619. The molecule has 0 unspecified atom stereocenters. The van der Waals surface area contributed by atoms with Crippen molar-refractivity contribution in [3.63, 3.8) is 0 Å². The molecule has 0 radical (unpaired) electrons. The average Bonchev–Trinajstić information content (AvgIpc) is 2.75. The summed E-state index contributed by atoms with van der Waals surface area (Å²) >= 11 is 0. The summed E-state index contributed by atoms with van der Waals surface area (Å²) in [5.41, 5.74) is 0.634. The molecule has 2 fully saturated rings. The van der Waals surface area contributed by atoms with Crippen molar-refractivity contribution < 1.29 is 14.3 Å². The van der Waals surface area contributed by atoms with Crippen molar-refractivity contribution in [1.82, 2.24) is 15.1 Å². The minimum absolute atomic E-state index is 0.00825. The van der Waals surface area contributed by atoms with Crippen LogP contribution in [0.2, 0.25) is 0 Å². The normalized spacial score (nSPS) is 18.2. The molecule has 1 aliphatic heterocycles. The molecule has 2 aliphatic rings. The summed E-state index contributed by atoms with van der Waals surface area (Å²) in [5, 5.41) is 3.27. The van der Waals surface area contributed by atoms with E-state index >= 15 is 0 Å². The third-order valence-corrected chi connectivity index (χ3v) is 5.63. The molecular weight excluding hydrogens is 342 g/mol. The van der Waals surface area contributed by atoms with Crippen LogP contribution in [0, 0.1) is 0 Å². The number of hydrogen-bond donors (Lipinski definition) is 1. The number of carbonyl (C=O) groups is 2. The average molecular weight is 373 g/mol. The predicted octanol–water partition coefficient (Wildman–Crippen LogP) is 2.29. The second-order valence-corrected chi connectivity index (χ2v) is 7.40. The largest absolute Gasteiger partial charge is 0.497 e. The molecule has 6 heteroatoms. The molecule has 3 rings (SSSR count). The molecule has 27 heavy (non-hydrogen) atoms. The maximum Gasteiger partial charge on any atom is 0.254 e. The van der Waals surface area contributed by atoms with Crippen LogP contribution in [0.5, 0.6) is 5.75 Å². The molecule has 0 bridgehead atoms. The van der Waals surface area contributed by atoms with Gasteiger partial charge in [0.05, 0.1) is 7.11 Å². The number of hydrogen-bond acceptors (Lipinski definition) is 4. The lowest BCUT2D eigenvalue weighted by Gasteiger charge is -2.35. The highest BCUT2D eigenvalue weighted by Gasteiger charge is 2.28. The first kappa shape index (κ1) is 19.7. The van der Waals surface area contributed by atoms with Gasteiger partial charge in [-0.1, -0.05) is 25.3 Å². The Bertz CT molecular complexity index is 637. The molecule has 148 valence electrons. The molecule has 0 spiro atoms. The van der Waals surface area contributed by atoms with Crippen LogP contribution in [-0.4, -0.2) is 67.5 Å². The Labute approximate surface area is 161 Å². The Morgan fingerprint density at radius 3 is 2.63 bits per heavy atom. The fourth-order valence-corrected chi connectivity index (χ4v) is 4.05. The summed E-state index contributed by atoms with van der Waals surface area (Å²) in [6.07, 6.45) is 5.98. The maximum absolute atomic E-state index is 13.2. The van der Waals surface area contributed by atoms with Gasteiger partial charge in [-0.05, 0) is 31.0 Å². The fourth-order valence-electron chi connectivity index (χ4n) is 4.05. The highest BCUT2D eigenvalue weighted by atomic mass is 16.5. The van der Waals surface area contributed by atoms with Crippen molar-refractivity contribution in [2.75, 3.05) is 39.8 Å². The van der Waals surface area contributed by atoms with Crippen molar-refractivity contribution in [3.05, 3.63) is 29.8 Å². The highest BCUT2D eigenvalue weighted by molar-refractivity contribution is 5.95. The first-order chi connectivity index (χ1) is 13.2. The molecule has 2 amide bonds. The number of nitrogens with zero attached hydrogens (tertiary/aromatic N) is 2. The molecular formula is C21H31N3O3. The molecule has 1 aliphatic carbocycles. The summed E-state index contributed by atoms with van der Waals surface area (Å²) in [6.45, 7) is 3.70. The van der Waals surface area contributed by atoms with Gasteiger partial charge < -0.3 is 19.9 Å². The van der Waals surface area contributed by atoms with Crippen molar-refractivity contribution in [3.8, 4) is 5.75 Å². The van der Waals surface area contributed by atoms with Gasteiger partial charge >= 0.3 is 0 Å². The van der Waals surface area contributed by atoms with Crippen LogP contribution in [0.15, 0.2) is 24.3 Å². The maximum atomic E-state index is 13.2. The lowest BCUT2D eigenvalue weighted by atomic mass is 9.93. The van der Waals surface area contributed by atoms with E-state index in [9.17, 15) is 9.59 Å². The van der Waals surface area contributed by atoms with E-state index in [1.165, 1.54) is 6.42 Å². The van der Waals surface area contributed by atoms with Crippen LogP contribution < -0.4 is 10.1 Å². The van der Waals surface area contributed by atoms with Gasteiger partial charge in [-0.25, -0.2) is 0 Å². The van der Waals surface area contributed by atoms with Gasteiger partial charge in [-0.3, -0.25) is 9.59 Å². The quantitative estimate of drug-likeness (QED) is 0.831. The molecule has 0 atom stereocenters. The van der Waals surface area contributed by atoms with E-state index in [0.29, 0.717) is 24.3 Å². The Hall–Kier alpha value is -2.08. The van der Waals surface area contributed by atoms with E-state index in [1.54, 1.807) is 13.2 Å². The lowest BCUT2D eigenvalue weighted by molar-refractivity contribution is -0.132. The van der Waals surface area contributed by atoms with E-state index < -0.39 is 0 Å². The van der Waals surface area contributed by atoms with Crippen molar-refractivity contribution in [1.29, 1.82) is 0 Å². The number of ether oxygens (including phenoxy) is 1. The number of piperazine rings is 1. The summed E-state index contributed by atoms with van der Waals surface area (Å²) in [5.74, 6) is 0.839. The van der Waals surface area contributed by atoms with Gasteiger partial charge in [0.15, 0.2) is 0 Å². The highest BCUT2D eigenvalue weighted by Crippen LogP contribution is 2.25. The molecule has 0 aromatic heterocycles. The summed E-state index contributed by atoms with van der Waals surface area (Å²) in [7, 11) is 1.61. The van der Waals surface area contributed by atoms with Gasteiger partial charge in [0.25, 0.3) is 5.91 Å². The number of rotatable bonds is 6. The number of methoxy groups -OCH3 is 1. The molecule has 1 aromatic carbocycles. The van der Waals surface area contributed by atoms with Gasteiger partial charge in [-0.15, -0.1) is 0 Å². The molecule has 1 aromatic rings. The van der Waals surface area contributed by atoms with Gasteiger partial charge in [0.1, 0.15) is 5.75 Å². The van der Waals surface area contributed by atoms with Crippen LogP contribution in [0.25, 0.3) is 0 Å². The zero-order chi connectivity index (χ0) is 19.1. The van der Waals surface area contributed by atoms with Crippen LogP contribution in [0.1, 0.15) is 48.9 Å². The first-order valence-electron chi connectivity index (χ1n) is 10.1. The Kier molecular flexibility index (Phi) is 7.10. The minimum atomic E-state index is 0.00825. The number of nitrogens with one attached hydrogen (secondary N) is 1. The Morgan fingerprint density at radius 2 is 1.93 bits per heavy atom. The van der Waals surface area contributed by atoms with Crippen LogP contribution in [0.4, 0.5) is 0 Å². The standard InChI is InChI=1S/C21H31N3O3/c1-27-19-9-5-6-17(16-19)21(26)24(18-7-3-2-4-8-18)13-10-20(25)23-14-11-22-12-15-23/h5-6,9,16,18,22H,2-4,7-8,10-15H2,1H3. The number of benzene rings is 1. The third-order valence-electron chi connectivity index (χ3n) is 5.63. The smallest absolute Gasteiger partial charge is 0.254 e. The third kappa shape index (κ3) is 5.22. The summed E-state index contributed by atoms with van der Waals surface area (Å²) in [4.78, 5) is 29.7. The van der Waals surface area contributed by atoms with Gasteiger partial charge in [0, 0.05) is 50.7 Å². The molecule has 1 N–H and O–H groups in total. The van der Waals surface area contributed by atoms with Crippen LogP contribution in [-0.2, 0) is 4.79 Å². The van der Waals surface area contributed by atoms with Gasteiger partial charge in [0.2, 0.25) is 5.91 Å². The van der Waals surface area contributed by atoms with Crippen molar-refractivity contribution in [2.24, 2.45) is 0 Å². The van der Waals surface area contributed by atoms with Gasteiger partial charge in [-0.2, -0.15) is 0 Å². The van der Waals surface area contributed by atoms with Crippen LogP contribution in [0.3, 0.4) is 0 Å². The summed E-state index contributed by atoms with van der Waals surface area (Å²) in [6, 6.07) is 7.54. The first-order valence-corrected chi connectivity index (χ1v) is 10.1. The van der Waals surface area contributed by atoms with E-state index in [1.807, 2.05) is 28.0 Å². The summed E-state index contributed by atoms with van der Waals surface area (Å²) < 4.78 is 5.27. The molecule has 1 saturated heterocycles. The topological polar surface area (TPSA) is 61.9 Å². The van der Waals surface area contributed by atoms with Crippen molar-refractivity contribution >= 4 is 11.8 Å². The monoisotopic (exact) mass is 373 g/mol. The molecule has 1 saturated carbocycles. The minimum Gasteiger partial charge on any atom is -0.497 e. The van der Waals surface area contributed by atoms with E-state index in [2.05, 4.69) is 5.32 Å². The predicted molar refractivity (Wildman–Crippen MR) is 105 cm³/mol. The number of amides is 2. The Balaban J connectivity index is 1.69. The van der Waals surface area contributed by atoms with Crippen molar-refractivity contribution in [2.45, 2.75) is 44.6 Å². The molecule has 6 nitrogen and oxygen atoms in total. The zero-order valence-corrected chi connectivity index (χ0v) is 16.3. The second kappa shape index (κ2) is 9.74. The Morgan fingerprint density at radius 1 is 1.19 bits per heavy atom. The number of carbonyl (C=O) groups excluding carboxylic acids is 2. The molecule has 1 heterocycles. The van der Waals surface area contributed by atoms with Crippen LogP contribution >= 0.6 is 0 Å².